The number of H-pyrrole nitrogens is 1. The van der Waals surface area contributed by atoms with Gasteiger partial charge in [0.15, 0.2) is 0 Å². The Balaban J connectivity index is 1.51. The van der Waals surface area contributed by atoms with Crippen molar-refractivity contribution in [2.75, 3.05) is 11.9 Å². The molecule has 0 amide bonds. The number of nitrogens with one attached hydrogen (secondary N) is 2. The van der Waals surface area contributed by atoms with Crippen LogP contribution < -0.4 is 5.32 Å². The molecular weight excluding hydrogens is 444 g/mol. The molecule has 0 radical (unpaired) electrons. The van der Waals surface area contributed by atoms with Crippen LogP contribution in [0.15, 0.2) is 66.9 Å². The molecule has 9 heteroatoms. The molecule has 0 aliphatic heterocycles. The largest absolute Gasteiger partial charge is 0.462 e. The maximum atomic E-state index is 12.8. The lowest BCUT2D eigenvalue weighted by Crippen LogP contribution is -2.24. The minimum Gasteiger partial charge on any atom is -0.462 e. The lowest BCUT2D eigenvalue weighted by atomic mass is 9.95. The minimum atomic E-state index is -0.392. The number of esters is 1. The van der Waals surface area contributed by atoms with Crippen LogP contribution in [0.25, 0.3) is 11.1 Å². The number of anilines is 1. The van der Waals surface area contributed by atoms with Crippen molar-refractivity contribution < 1.29 is 14.3 Å². The van der Waals surface area contributed by atoms with Gasteiger partial charge in [0.05, 0.1) is 6.61 Å². The van der Waals surface area contributed by atoms with Gasteiger partial charge in [0.1, 0.15) is 11.4 Å². The number of pyridine rings is 1. The molecule has 0 aliphatic carbocycles. The zero-order valence-electron chi connectivity index (χ0n) is 19.6. The van der Waals surface area contributed by atoms with E-state index >= 15 is 0 Å². The van der Waals surface area contributed by atoms with Crippen molar-refractivity contribution in [1.29, 1.82) is 0 Å². The first-order valence-corrected chi connectivity index (χ1v) is 11.5. The smallest absolute Gasteiger partial charge is 0.341 e. The third kappa shape index (κ3) is 5.57. The zero-order chi connectivity index (χ0) is 24.6. The second kappa shape index (κ2) is 11.1. The average molecular weight is 471 g/mol. The normalized spacial score (nSPS) is 11.6. The summed E-state index contributed by atoms with van der Waals surface area (Å²) in [7, 11) is 0. The van der Waals surface area contributed by atoms with E-state index in [-0.39, 0.29) is 17.6 Å². The van der Waals surface area contributed by atoms with Gasteiger partial charge in [0.25, 0.3) is 0 Å². The molecule has 2 heterocycles. The third-order valence-corrected chi connectivity index (χ3v) is 5.60. The summed E-state index contributed by atoms with van der Waals surface area (Å²) in [5.41, 5.74) is 3.76. The quantitative estimate of drug-likeness (QED) is 0.262. The number of aromatic amines is 1. The second-order valence-electron chi connectivity index (χ2n) is 7.88. The predicted molar refractivity (Wildman–Crippen MR) is 131 cm³/mol. The van der Waals surface area contributed by atoms with E-state index in [1.807, 2.05) is 42.5 Å². The van der Waals surface area contributed by atoms with Crippen LogP contribution in [0.1, 0.15) is 52.4 Å². The Morgan fingerprint density at radius 3 is 2.49 bits per heavy atom. The van der Waals surface area contributed by atoms with Crippen LogP contribution in [0.2, 0.25) is 0 Å². The number of aromatic nitrogens is 5. The summed E-state index contributed by atoms with van der Waals surface area (Å²) < 4.78 is 5.15. The van der Waals surface area contributed by atoms with Gasteiger partial charge < -0.3 is 10.1 Å². The molecule has 0 aliphatic rings. The van der Waals surface area contributed by atoms with Gasteiger partial charge in [0.2, 0.25) is 11.6 Å². The molecule has 2 N–H and O–H groups in total. The number of ether oxygens (including phenoxy) is 1. The second-order valence-corrected chi connectivity index (χ2v) is 7.88. The molecule has 2 aromatic carbocycles. The van der Waals surface area contributed by atoms with Gasteiger partial charge in [-0.25, -0.2) is 9.78 Å². The highest BCUT2D eigenvalue weighted by molar-refractivity contribution is 6.10. The first kappa shape index (κ1) is 23.7. The fraction of sp³-hybridized carbons (Fsp3) is 0.231. The number of nitrogens with zero attached hydrogens (tertiary/aromatic N) is 4. The van der Waals surface area contributed by atoms with Crippen molar-refractivity contribution in [2.24, 2.45) is 0 Å². The van der Waals surface area contributed by atoms with E-state index in [0.717, 1.165) is 29.5 Å². The van der Waals surface area contributed by atoms with Crippen LogP contribution in [0.4, 0.5) is 5.82 Å². The fourth-order valence-corrected chi connectivity index (χ4v) is 3.80. The van der Waals surface area contributed by atoms with Gasteiger partial charge >= 0.3 is 5.97 Å². The molecule has 0 saturated carbocycles. The lowest BCUT2D eigenvalue weighted by Gasteiger charge is -2.19. The Bertz CT molecular complexity index is 1290. The number of carbonyl (C=O) groups is 2. The van der Waals surface area contributed by atoms with Gasteiger partial charge in [-0.15, -0.1) is 10.2 Å². The molecule has 4 rings (SSSR count). The minimum absolute atomic E-state index is 0.0302. The Morgan fingerprint density at radius 2 is 1.77 bits per heavy atom. The first-order chi connectivity index (χ1) is 17.1. The Kier molecular flexibility index (Phi) is 7.57. The molecule has 35 heavy (non-hydrogen) atoms. The van der Waals surface area contributed by atoms with Crippen molar-refractivity contribution in [3.8, 4) is 11.1 Å². The molecule has 2 aromatic heterocycles. The lowest BCUT2D eigenvalue weighted by molar-refractivity contribution is 0.0527. The summed E-state index contributed by atoms with van der Waals surface area (Å²) in [5.74, 6) is -0.135. The number of ketones is 1. The maximum Gasteiger partial charge on any atom is 0.341 e. The van der Waals surface area contributed by atoms with E-state index in [9.17, 15) is 9.59 Å². The van der Waals surface area contributed by atoms with Gasteiger partial charge in [-0.05, 0) is 53.8 Å². The van der Waals surface area contributed by atoms with E-state index < -0.39 is 5.97 Å². The van der Waals surface area contributed by atoms with Crippen molar-refractivity contribution in [3.05, 3.63) is 89.4 Å². The van der Waals surface area contributed by atoms with Crippen molar-refractivity contribution in [2.45, 2.75) is 32.7 Å². The molecule has 0 spiro atoms. The first-order valence-electron chi connectivity index (χ1n) is 11.5. The van der Waals surface area contributed by atoms with E-state index in [1.54, 1.807) is 31.3 Å². The van der Waals surface area contributed by atoms with E-state index in [4.69, 9.17) is 4.74 Å². The van der Waals surface area contributed by atoms with E-state index in [1.165, 1.54) is 0 Å². The standard InChI is InChI=1S/C26H26N6O3/c1-3-19(28-24-22(10-7-15-27-24)26(34)35-4-2)16-17-11-13-18(14-12-17)20-8-5-6-9-21(20)23(33)25-29-31-32-30-25/h5-15,19H,3-4,16H2,1-2H3,(H,27,28)(H,29,30,31,32). The van der Waals surface area contributed by atoms with Gasteiger partial charge in [0, 0.05) is 17.8 Å². The van der Waals surface area contributed by atoms with E-state index in [2.05, 4.69) is 37.8 Å². The van der Waals surface area contributed by atoms with Gasteiger partial charge in [-0.1, -0.05) is 55.5 Å². The summed E-state index contributed by atoms with van der Waals surface area (Å²) in [5, 5.41) is 16.8. The number of benzene rings is 2. The topological polar surface area (TPSA) is 123 Å². The van der Waals surface area contributed by atoms with Gasteiger partial charge in [-0.3, -0.25) is 4.79 Å². The molecule has 178 valence electrons. The van der Waals surface area contributed by atoms with Crippen LogP contribution in [0, 0.1) is 0 Å². The molecule has 0 saturated heterocycles. The number of tetrazole rings is 1. The summed E-state index contributed by atoms with van der Waals surface area (Å²) in [4.78, 5) is 29.4. The van der Waals surface area contributed by atoms with Crippen LogP contribution in [0.3, 0.4) is 0 Å². The van der Waals surface area contributed by atoms with E-state index in [0.29, 0.717) is 23.6 Å². The van der Waals surface area contributed by atoms with Gasteiger partial charge in [-0.2, -0.15) is 5.21 Å². The SMILES string of the molecule is CCOC(=O)c1cccnc1NC(CC)Cc1ccc(-c2ccccc2C(=O)c2nn[nH]n2)cc1. The Labute approximate surface area is 203 Å². The summed E-state index contributed by atoms with van der Waals surface area (Å²) >= 11 is 0. The monoisotopic (exact) mass is 470 g/mol. The third-order valence-electron chi connectivity index (χ3n) is 5.60. The Morgan fingerprint density at radius 1 is 1.00 bits per heavy atom. The van der Waals surface area contributed by atoms with Crippen LogP contribution in [-0.2, 0) is 11.2 Å². The zero-order valence-corrected chi connectivity index (χ0v) is 19.6. The molecule has 4 aromatic rings. The maximum absolute atomic E-state index is 12.8. The van der Waals surface area contributed by atoms with Crippen molar-refractivity contribution in [3.63, 3.8) is 0 Å². The number of hydrogen-bond acceptors (Lipinski definition) is 8. The summed E-state index contributed by atoms with van der Waals surface area (Å²) in [6.45, 7) is 4.17. The average Bonchev–Trinajstić information content (AvgIpc) is 3.44. The molecule has 1 atom stereocenters. The molecule has 0 bridgehead atoms. The molecule has 1 unspecified atom stereocenters. The Hall–Kier alpha value is -4.40. The van der Waals surface area contributed by atoms with Crippen LogP contribution in [-0.4, -0.2) is 50.0 Å². The predicted octanol–water partition coefficient (Wildman–Crippen LogP) is 4.10. The van der Waals surface area contributed by atoms with Crippen molar-refractivity contribution in [1.82, 2.24) is 25.6 Å². The molecule has 9 nitrogen and oxygen atoms in total. The summed E-state index contributed by atoms with van der Waals surface area (Å²) in [6, 6.07) is 18.9. The summed E-state index contributed by atoms with van der Waals surface area (Å²) in [6.07, 6.45) is 3.22. The highest BCUT2D eigenvalue weighted by atomic mass is 16.5. The molecular formula is C26H26N6O3. The van der Waals surface area contributed by atoms with Crippen molar-refractivity contribution >= 4 is 17.6 Å². The highest BCUT2D eigenvalue weighted by Gasteiger charge is 2.19. The fourth-order valence-electron chi connectivity index (χ4n) is 3.80. The number of hydrogen-bond donors (Lipinski definition) is 2. The van der Waals surface area contributed by atoms with Crippen LogP contribution in [0.5, 0.6) is 0 Å². The molecule has 0 fully saturated rings. The van der Waals surface area contributed by atoms with Crippen LogP contribution >= 0.6 is 0 Å². The number of rotatable bonds is 10. The number of carbonyl (C=O) groups excluding carboxylic acids is 2. The highest BCUT2D eigenvalue weighted by Crippen LogP contribution is 2.26.